The molecule has 88 valence electrons. The number of piperidine rings is 1. The van der Waals surface area contributed by atoms with Crippen molar-refractivity contribution in [2.24, 2.45) is 0 Å². The van der Waals surface area contributed by atoms with E-state index in [0.29, 0.717) is 6.04 Å². The Morgan fingerprint density at radius 3 is 3.06 bits per heavy atom. The van der Waals surface area contributed by atoms with E-state index in [4.69, 9.17) is 0 Å². The van der Waals surface area contributed by atoms with Crippen LogP contribution in [0.25, 0.3) is 0 Å². The van der Waals surface area contributed by atoms with Crippen molar-refractivity contribution < 1.29 is 0 Å². The highest BCUT2D eigenvalue weighted by Crippen LogP contribution is 2.32. The van der Waals surface area contributed by atoms with E-state index in [1.165, 1.54) is 49.9 Å². The van der Waals surface area contributed by atoms with Gasteiger partial charge >= 0.3 is 0 Å². The molecule has 0 radical (unpaired) electrons. The maximum atomic E-state index is 4.19. The molecule has 0 aromatic carbocycles. The lowest BCUT2D eigenvalue weighted by atomic mass is 9.93. The summed E-state index contributed by atoms with van der Waals surface area (Å²) in [7, 11) is 0. The second kappa shape index (κ2) is 5.44. The third kappa shape index (κ3) is 2.43. The third-order valence-corrected chi connectivity index (χ3v) is 3.55. The average molecular weight is 218 g/mol. The van der Waals surface area contributed by atoms with E-state index < -0.39 is 0 Å². The van der Waals surface area contributed by atoms with E-state index >= 15 is 0 Å². The molecule has 2 nitrogen and oxygen atoms in total. The van der Waals surface area contributed by atoms with E-state index in [1.807, 2.05) is 12.4 Å². The van der Waals surface area contributed by atoms with Crippen LogP contribution >= 0.6 is 0 Å². The van der Waals surface area contributed by atoms with E-state index in [-0.39, 0.29) is 0 Å². The standard InChI is InChI=1S/C14H22N2/c1-3-9-16-10-5-4-6-14(16)13-7-8-15-11-12(13)2/h7-8,11,14H,3-6,9-10H2,1-2H3/t14-/m0/s1. The van der Waals surface area contributed by atoms with Crippen LogP contribution in [0.3, 0.4) is 0 Å². The summed E-state index contributed by atoms with van der Waals surface area (Å²) in [5.74, 6) is 0. The highest BCUT2D eigenvalue weighted by atomic mass is 15.2. The van der Waals surface area contributed by atoms with Crippen LogP contribution in [-0.4, -0.2) is 23.0 Å². The van der Waals surface area contributed by atoms with Gasteiger partial charge in [-0.05, 0) is 56.5 Å². The molecule has 1 atom stereocenters. The molecule has 0 unspecified atom stereocenters. The minimum Gasteiger partial charge on any atom is -0.296 e. The van der Waals surface area contributed by atoms with Gasteiger partial charge in [0, 0.05) is 18.4 Å². The smallest absolute Gasteiger partial charge is 0.0351 e. The first-order valence-electron chi connectivity index (χ1n) is 6.47. The van der Waals surface area contributed by atoms with Crippen molar-refractivity contribution in [1.82, 2.24) is 9.88 Å². The lowest BCUT2D eigenvalue weighted by Gasteiger charge is -2.36. The fourth-order valence-corrected chi connectivity index (χ4v) is 2.76. The van der Waals surface area contributed by atoms with Crippen LogP contribution in [0.15, 0.2) is 18.5 Å². The van der Waals surface area contributed by atoms with Gasteiger partial charge in [-0.1, -0.05) is 13.3 Å². The summed E-state index contributed by atoms with van der Waals surface area (Å²) in [6.07, 6.45) is 9.22. The molecule has 1 aliphatic rings. The van der Waals surface area contributed by atoms with Crippen LogP contribution in [-0.2, 0) is 0 Å². The molecule has 1 aliphatic heterocycles. The molecule has 1 aromatic rings. The Balaban J connectivity index is 2.19. The zero-order valence-electron chi connectivity index (χ0n) is 10.4. The van der Waals surface area contributed by atoms with Gasteiger partial charge in [-0.25, -0.2) is 0 Å². The van der Waals surface area contributed by atoms with Crippen LogP contribution < -0.4 is 0 Å². The Kier molecular flexibility index (Phi) is 3.94. The molecule has 2 rings (SSSR count). The van der Waals surface area contributed by atoms with Crippen LogP contribution in [0.5, 0.6) is 0 Å². The number of aromatic nitrogens is 1. The van der Waals surface area contributed by atoms with Gasteiger partial charge in [0.25, 0.3) is 0 Å². The molecular weight excluding hydrogens is 196 g/mol. The molecule has 0 saturated carbocycles. The third-order valence-electron chi connectivity index (χ3n) is 3.55. The summed E-state index contributed by atoms with van der Waals surface area (Å²) < 4.78 is 0. The van der Waals surface area contributed by atoms with Gasteiger partial charge in [-0.15, -0.1) is 0 Å². The van der Waals surface area contributed by atoms with E-state index in [2.05, 4.69) is 29.8 Å². The normalized spacial score (nSPS) is 22.2. The summed E-state index contributed by atoms with van der Waals surface area (Å²) in [6.45, 7) is 6.94. The van der Waals surface area contributed by atoms with Crippen molar-refractivity contribution >= 4 is 0 Å². The van der Waals surface area contributed by atoms with Crippen LogP contribution in [0, 0.1) is 6.92 Å². The Hall–Kier alpha value is -0.890. The highest BCUT2D eigenvalue weighted by Gasteiger charge is 2.23. The van der Waals surface area contributed by atoms with Crippen molar-refractivity contribution in [3.63, 3.8) is 0 Å². The average Bonchev–Trinajstić information content (AvgIpc) is 2.31. The molecule has 0 spiro atoms. The predicted octanol–water partition coefficient (Wildman–Crippen LogP) is 3.33. The number of pyridine rings is 1. The number of nitrogens with zero attached hydrogens (tertiary/aromatic N) is 2. The number of hydrogen-bond acceptors (Lipinski definition) is 2. The molecule has 0 bridgehead atoms. The molecule has 1 saturated heterocycles. The van der Waals surface area contributed by atoms with Gasteiger partial charge in [-0.2, -0.15) is 0 Å². The molecular formula is C14H22N2. The monoisotopic (exact) mass is 218 g/mol. The van der Waals surface area contributed by atoms with Gasteiger partial charge in [0.05, 0.1) is 0 Å². The summed E-state index contributed by atoms with van der Waals surface area (Å²) in [5.41, 5.74) is 2.83. The quantitative estimate of drug-likeness (QED) is 0.773. The maximum absolute atomic E-state index is 4.19. The molecule has 0 amide bonds. The second-order valence-electron chi connectivity index (χ2n) is 4.78. The molecule has 16 heavy (non-hydrogen) atoms. The first-order valence-corrected chi connectivity index (χ1v) is 6.47. The SMILES string of the molecule is CCCN1CCCC[C@H]1c1ccncc1C. The van der Waals surface area contributed by atoms with Crippen molar-refractivity contribution in [2.75, 3.05) is 13.1 Å². The van der Waals surface area contributed by atoms with Gasteiger partial charge in [0.2, 0.25) is 0 Å². The van der Waals surface area contributed by atoms with Crippen molar-refractivity contribution in [3.05, 3.63) is 29.6 Å². The zero-order chi connectivity index (χ0) is 11.4. The van der Waals surface area contributed by atoms with Crippen LogP contribution in [0.1, 0.15) is 49.8 Å². The van der Waals surface area contributed by atoms with Gasteiger partial charge < -0.3 is 0 Å². The molecule has 2 heteroatoms. The van der Waals surface area contributed by atoms with Gasteiger partial charge in [0.1, 0.15) is 0 Å². The predicted molar refractivity (Wildman–Crippen MR) is 67.4 cm³/mol. The van der Waals surface area contributed by atoms with E-state index in [1.54, 1.807) is 0 Å². The Morgan fingerprint density at radius 2 is 2.31 bits per heavy atom. The van der Waals surface area contributed by atoms with Crippen molar-refractivity contribution in [3.8, 4) is 0 Å². The summed E-state index contributed by atoms with van der Waals surface area (Å²) in [6, 6.07) is 2.84. The number of rotatable bonds is 3. The molecule has 0 N–H and O–H groups in total. The van der Waals surface area contributed by atoms with E-state index in [9.17, 15) is 0 Å². The van der Waals surface area contributed by atoms with Crippen molar-refractivity contribution in [2.45, 2.75) is 45.6 Å². The molecule has 0 aliphatic carbocycles. The maximum Gasteiger partial charge on any atom is 0.0351 e. The molecule has 2 heterocycles. The largest absolute Gasteiger partial charge is 0.296 e. The lowest BCUT2D eigenvalue weighted by Crippen LogP contribution is -2.34. The number of hydrogen-bond donors (Lipinski definition) is 0. The van der Waals surface area contributed by atoms with Crippen molar-refractivity contribution in [1.29, 1.82) is 0 Å². The Labute approximate surface area is 98.7 Å². The molecule has 1 fully saturated rings. The minimum atomic E-state index is 0.636. The van der Waals surface area contributed by atoms with Gasteiger partial charge in [0.15, 0.2) is 0 Å². The van der Waals surface area contributed by atoms with E-state index in [0.717, 1.165) is 0 Å². The summed E-state index contributed by atoms with van der Waals surface area (Å²) >= 11 is 0. The Bertz CT molecular complexity index is 333. The lowest BCUT2D eigenvalue weighted by molar-refractivity contribution is 0.148. The van der Waals surface area contributed by atoms with Gasteiger partial charge in [-0.3, -0.25) is 9.88 Å². The second-order valence-corrected chi connectivity index (χ2v) is 4.78. The Morgan fingerprint density at radius 1 is 1.44 bits per heavy atom. The first-order chi connectivity index (χ1) is 7.83. The summed E-state index contributed by atoms with van der Waals surface area (Å²) in [5, 5.41) is 0. The fourth-order valence-electron chi connectivity index (χ4n) is 2.76. The number of likely N-dealkylation sites (tertiary alicyclic amines) is 1. The van der Waals surface area contributed by atoms with Crippen LogP contribution in [0.4, 0.5) is 0 Å². The minimum absolute atomic E-state index is 0.636. The first kappa shape index (κ1) is 11.6. The van der Waals surface area contributed by atoms with Crippen LogP contribution in [0.2, 0.25) is 0 Å². The number of aryl methyl sites for hydroxylation is 1. The topological polar surface area (TPSA) is 16.1 Å². The molecule has 1 aromatic heterocycles. The fraction of sp³-hybridized carbons (Fsp3) is 0.643. The highest BCUT2D eigenvalue weighted by molar-refractivity contribution is 5.25. The zero-order valence-corrected chi connectivity index (χ0v) is 10.4. The summed E-state index contributed by atoms with van der Waals surface area (Å²) in [4.78, 5) is 6.84.